The van der Waals surface area contributed by atoms with Crippen molar-refractivity contribution in [2.24, 2.45) is 5.73 Å². The van der Waals surface area contributed by atoms with Gasteiger partial charge in [-0.1, -0.05) is 6.07 Å². The summed E-state index contributed by atoms with van der Waals surface area (Å²) in [5.74, 6) is 2.63. The van der Waals surface area contributed by atoms with Gasteiger partial charge in [0, 0.05) is 19.1 Å². The van der Waals surface area contributed by atoms with Crippen LogP contribution in [0.3, 0.4) is 0 Å². The van der Waals surface area contributed by atoms with Crippen molar-refractivity contribution in [1.82, 2.24) is 15.2 Å². The maximum absolute atomic E-state index is 5.92. The Kier molecular flexibility index (Phi) is 3.66. The van der Waals surface area contributed by atoms with Crippen LogP contribution in [-0.4, -0.2) is 48.5 Å². The van der Waals surface area contributed by atoms with E-state index in [1.54, 1.807) is 14.2 Å². The molecule has 3 N–H and O–H groups in total. The molecular formula is C14H19N5O2. The van der Waals surface area contributed by atoms with Crippen LogP contribution in [0.4, 0.5) is 5.95 Å². The van der Waals surface area contributed by atoms with Crippen LogP contribution >= 0.6 is 0 Å². The highest BCUT2D eigenvalue weighted by Gasteiger charge is 2.23. The van der Waals surface area contributed by atoms with E-state index in [0.717, 1.165) is 25.1 Å². The van der Waals surface area contributed by atoms with Crippen LogP contribution in [0.1, 0.15) is 6.42 Å². The Hall–Kier alpha value is -2.28. The quantitative estimate of drug-likeness (QED) is 0.873. The van der Waals surface area contributed by atoms with E-state index in [1.807, 2.05) is 18.2 Å². The summed E-state index contributed by atoms with van der Waals surface area (Å²) in [5.41, 5.74) is 6.74. The molecule has 1 atom stereocenters. The van der Waals surface area contributed by atoms with E-state index in [2.05, 4.69) is 20.1 Å². The van der Waals surface area contributed by atoms with Gasteiger partial charge in [0.1, 0.15) is 0 Å². The van der Waals surface area contributed by atoms with Gasteiger partial charge in [-0.25, -0.2) is 0 Å². The Balaban J connectivity index is 1.93. The van der Waals surface area contributed by atoms with Crippen molar-refractivity contribution < 1.29 is 9.47 Å². The fourth-order valence-electron chi connectivity index (χ4n) is 2.56. The van der Waals surface area contributed by atoms with Gasteiger partial charge in [-0.2, -0.15) is 4.98 Å². The molecule has 1 aliphatic rings. The number of aromatic amines is 1. The third-order valence-corrected chi connectivity index (χ3v) is 3.64. The van der Waals surface area contributed by atoms with Gasteiger partial charge >= 0.3 is 0 Å². The van der Waals surface area contributed by atoms with Crippen molar-refractivity contribution in [1.29, 1.82) is 0 Å². The molecule has 0 amide bonds. The number of anilines is 1. The minimum atomic E-state index is 0.193. The third kappa shape index (κ3) is 2.52. The van der Waals surface area contributed by atoms with Gasteiger partial charge in [0.15, 0.2) is 17.3 Å². The standard InChI is InChI=1S/C14H19N5O2/c1-20-11-5-3-4-10(12(11)21-2)13-16-14(18-17-13)19-7-6-9(15)8-19/h3-5,9H,6-8,15H2,1-2H3,(H,16,17,18). The summed E-state index contributed by atoms with van der Waals surface area (Å²) in [6, 6.07) is 5.85. The number of methoxy groups -OCH3 is 2. The predicted molar refractivity (Wildman–Crippen MR) is 79.7 cm³/mol. The van der Waals surface area contributed by atoms with Gasteiger partial charge in [0.25, 0.3) is 0 Å². The molecule has 7 heteroatoms. The predicted octanol–water partition coefficient (Wildman–Crippen LogP) is 1.03. The molecule has 0 spiro atoms. The van der Waals surface area contributed by atoms with Gasteiger partial charge in [-0.15, -0.1) is 5.10 Å². The first kappa shape index (κ1) is 13.7. The average molecular weight is 289 g/mol. The Morgan fingerprint density at radius 2 is 2.19 bits per heavy atom. The minimum Gasteiger partial charge on any atom is -0.493 e. The summed E-state index contributed by atoms with van der Waals surface area (Å²) in [7, 11) is 3.22. The van der Waals surface area contributed by atoms with Gasteiger partial charge in [0.05, 0.1) is 19.8 Å². The first-order chi connectivity index (χ1) is 10.2. The molecule has 7 nitrogen and oxygen atoms in total. The zero-order valence-corrected chi connectivity index (χ0v) is 12.2. The summed E-state index contributed by atoms with van der Waals surface area (Å²) < 4.78 is 10.7. The monoisotopic (exact) mass is 289 g/mol. The van der Waals surface area contributed by atoms with Crippen molar-refractivity contribution in [3.05, 3.63) is 18.2 Å². The number of ether oxygens (including phenoxy) is 2. The molecule has 1 unspecified atom stereocenters. The van der Waals surface area contributed by atoms with Crippen molar-refractivity contribution in [3.8, 4) is 22.9 Å². The van der Waals surface area contributed by atoms with E-state index in [-0.39, 0.29) is 6.04 Å². The molecule has 0 bridgehead atoms. The van der Waals surface area contributed by atoms with Gasteiger partial charge in [-0.05, 0) is 18.6 Å². The third-order valence-electron chi connectivity index (χ3n) is 3.64. The van der Waals surface area contributed by atoms with Crippen LogP contribution in [0.25, 0.3) is 11.4 Å². The van der Waals surface area contributed by atoms with Gasteiger partial charge in [-0.3, -0.25) is 5.10 Å². The largest absolute Gasteiger partial charge is 0.493 e. The summed E-state index contributed by atoms with van der Waals surface area (Å²) in [6.45, 7) is 1.67. The summed E-state index contributed by atoms with van der Waals surface area (Å²) in [6.07, 6.45) is 0.965. The van der Waals surface area contributed by atoms with E-state index in [4.69, 9.17) is 15.2 Å². The normalized spacial score (nSPS) is 18.0. The van der Waals surface area contributed by atoms with Crippen LogP contribution in [0.15, 0.2) is 18.2 Å². The Morgan fingerprint density at radius 1 is 1.33 bits per heavy atom. The molecule has 0 aliphatic carbocycles. The second kappa shape index (κ2) is 5.61. The minimum absolute atomic E-state index is 0.193. The van der Waals surface area contributed by atoms with Crippen molar-refractivity contribution >= 4 is 5.95 Å². The maximum atomic E-state index is 5.92. The molecule has 1 fully saturated rings. The second-order valence-corrected chi connectivity index (χ2v) is 5.02. The highest BCUT2D eigenvalue weighted by molar-refractivity contribution is 5.69. The topological polar surface area (TPSA) is 89.3 Å². The van der Waals surface area contributed by atoms with E-state index >= 15 is 0 Å². The molecule has 112 valence electrons. The Morgan fingerprint density at radius 3 is 2.86 bits per heavy atom. The van der Waals surface area contributed by atoms with Crippen molar-refractivity contribution in [3.63, 3.8) is 0 Å². The number of aromatic nitrogens is 3. The molecule has 2 aromatic rings. The number of H-pyrrole nitrogens is 1. The van der Waals surface area contributed by atoms with Crippen LogP contribution in [0.5, 0.6) is 11.5 Å². The Labute approximate surface area is 123 Å². The number of nitrogens with zero attached hydrogens (tertiary/aromatic N) is 3. The first-order valence-electron chi connectivity index (χ1n) is 6.87. The average Bonchev–Trinajstić information content (AvgIpc) is 3.14. The molecule has 2 heterocycles. The summed E-state index contributed by atoms with van der Waals surface area (Å²) in [5, 5.41) is 7.24. The lowest BCUT2D eigenvalue weighted by Gasteiger charge is -2.12. The molecule has 1 aliphatic heterocycles. The van der Waals surface area contributed by atoms with Gasteiger partial charge in [0.2, 0.25) is 5.95 Å². The molecule has 0 radical (unpaired) electrons. The number of nitrogens with one attached hydrogen (secondary N) is 1. The van der Waals surface area contributed by atoms with Gasteiger partial charge < -0.3 is 20.1 Å². The highest BCUT2D eigenvalue weighted by Crippen LogP contribution is 2.36. The number of nitrogens with two attached hydrogens (primary N) is 1. The molecular weight excluding hydrogens is 270 g/mol. The number of hydrogen-bond acceptors (Lipinski definition) is 6. The molecule has 21 heavy (non-hydrogen) atoms. The SMILES string of the molecule is COc1cccc(-c2nc(N3CCC(N)C3)n[nH]2)c1OC. The van der Waals surface area contributed by atoms with E-state index < -0.39 is 0 Å². The van der Waals surface area contributed by atoms with Crippen LogP contribution in [0, 0.1) is 0 Å². The highest BCUT2D eigenvalue weighted by atomic mass is 16.5. The zero-order chi connectivity index (χ0) is 14.8. The lowest BCUT2D eigenvalue weighted by atomic mass is 10.2. The number of benzene rings is 1. The van der Waals surface area contributed by atoms with E-state index in [0.29, 0.717) is 23.3 Å². The maximum Gasteiger partial charge on any atom is 0.245 e. The van der Waals surface area contributed by atoms with Crippen LogP contribution in [-0.2, 0) is 0 Å². The molecule has 0 saturated carbocycles. The molecule has 1 saturated heterocycles. The first-order valence-corrected chi connectivity index (χ1v) is 6.87. The lowest BCUT2D eigenvalue weighted by Crippen LogP contribution is -2.26. The summed E-state index contributed by atoms with van der Waals surface area (Å²) in [4.78, 5) is 6.63. The fraction of sp³-hybridized carbons (Fsp3) is 0.429. The van der Waals surface area contributed by atoms with E-state index in [9.17, 15) is 0 Å². The molecule has 1 aromatic carbocycles. The number of para-hydroxylation sites is 1. The fourth-order valence-corrected chi connectivity index (χ4v) is 2.56. The Bertz CT molecular complexity index is 628. The number of rotatable bonds is 4. The second-order valence-electron chi connectivity index (χ2n) is 5.02. The molecule has 1 aromatic heterocycles. The van der Waals surface area contributed by atoms with Crippen LogP contribution < -0.4 is 20.1 Å². The smallest absolute Gasteiger partial charge is 0.245 e. The van der Waals surface area contributed by atoms with Crippen molar-refractivity contribution in [2.45, 2.75) is 12.5 Å². The summed E-state index contributed by atoms with van der Waals surface area (Å²) >= 11 is 0. The molecule has 3 rings (SSSR count). The number of hydrogen-bond donors (Lipinski definition) is 2. The van der Waals surface area contributed by atoms with Crippen molar-refractivity contribution in [2.75, 3.05) is 32.2 Å². The van der Waals surface area contributed by atoms with E-state index in [1.165, 1.54) is 0 Å². The lowest BCUT2D eigenvalue weighted by molar-refractivity contribution is 0.356. The van der Waals surface area contributed by atoms with Crippen LogP contribution in [0.2, 0.25) is 0 Å². The zero-order valence-electron chi connectivity index (χ0n) is 12.2.